The van der Waals surface area contributed by atoms with E-state index in [1.165, 1.54) is 12.4 Å². The Hall–Kier alpha value is -2.74. The second kappa shape index (κ2) is 6.79. The number of hydrogen-bond acceptors (Lipinski definition) is 5. The minimum absolute atomic E-state index is 0.0383. The van der Waals surface area contributed by atoms with Gasteiger partial charge < -0.3 is 15.8 Å². The van der Waals surface area contributed by atoms with Crippen LogP contribution in [0.25, 0.3) is 0 Å². The highest BCUT2D eigenvalue weighted by atomic mass is 79.9. The van der Waals surface area contributed by atoms with Gasteiger partial charge in [-0.3, -0.25) is 0 Å². The number of ether oxygens (including phenoxy) is 1. The molecule has 0 aliphatic rings. The van der Waals surface area contributed by atoms with Crippen LogP contribution in [0.1, 0.15) is 0 Å². The summed E-state index contributed by atoms with van der Waals surface area (Å²) in [7, 11) is 0. The number of nitrogens with one attached hydrogen (secondary N) is 1. The summed E-state index contributed by atoms with van der Waals surface area (Å²) in [4.78, 5) is 7.93. The molecule has 1 aromatic heterocycles. The molecule has 5 nitrogen and oxygen atoms in total. The van der Waals surface area contributed by atoms with Crippen LogP contribution in [-0.4, -0.2) is 9.97 Å². The van der Waals surface area contributed by atoms with Crippen molar-refractivity contribution in [1.29, 1.82) is 0 Å². The number of nitrogen functional groups attached to an aromatic ring is 1. The predicted octanol–water partition coefficient (Wildman–Crippen LogP) is 4.64. The van der Waals surface area contributed by atoms with Crippen LogP contribution in [0.3, 0.4) is 0 Å². The van der Waals surface area contributed by atoms with Crippen molar-refractivity contribution in [2.24, 2.45) is 0 Å². The number of rotatable bonds is 4. The molecule has 8 heteroatoms. The third kappa shape index (κ3) is 3.60. The summed E-state index contributed by atoms with van der Waals surface area (Å²) in [5.41, 5.74) is 6.11. The van der Waals surface area contributed by atoms with Crippen molar-refractivity contribution in [1.82, 2.24) is 9.97 Å². The van der Waals surface area contributed by atoms with Gasteiger partial charge in [-0.15, -0.1) is 0 Å². The van der Waals surface area contributed by atoms with E-state index in [-0.39, 0.29) is 23.1 Å². The molecule has 0 fully saturated rings. The first-order valence-corrected chi connectivity index (χ1v) is 7.58. The van der Waals surface area contributed by atoms with Gasteiger partial charge in [0.15, 0.2) is 5.82 Å². The molecule has 0 aliphatic heterocycles. The minimum atomic E-state index is -0.761. The summed E-state index contributed by atoms with van der Waals surface area (Å²) in [6.45, 7) is 0. The lowest BCUT2D eigenvalue weighted by atomic mass is 10.3. The molecule has 3 aromatic rings. The van der Waals surface area contributed by atoms with E-state index in [0.717, 1.165) is 16.6 Å². The fourth-order valence-corrected chi connectivity index (χ4v) is 2.16. The topological polar surface area (TPSA) is 73.1 Å². The Bertz CT molecular complexity index is 874. The van der Waals surface area contributed by atoms with Crippen molar-refractivity contribution in [2.75, 3.05) is 11.1 Å². The molecule has 122 valence electrons. The molecule has 0 radical (unpaired) electrons. The van der Waals surface area contributed by atoms with Gasteiger partial charge in [0.2, 0.25) is 5.88 Å². The quantitative estimate of drug-likeness (QED) is 0.676. The van der Waals surface area contributed by atoms with Crippen LogP contribution in [0.2, 0.25) is 0 Å². The number of anilines is 3. The average Bonchev–Trinajstić information content (AvgIpc) is 2.55. The van der Waals surface area contributed by atoms with Gasteiger partial charge in [0.05, 0.1) is 5.69 Å². The van der Waals surface area contributed by atoms with Crippen LogP contribution in [0.5, 0.6) is 11.6 Å². The summed E-state index contributed by atoms with van der Waals surface area (Å²) in [6.07, 6.45) is 1.23. The van der Waals surface area contributed by atoms with E-state index in [4.69, 9.17) is 10.5 Å². The molecule has 0 atom stereocenters. The summed E-state index contributed by atoms with van der Waals surface area (Å²) in [5, 5.41) is 2.70. The summed E-state index contributed by atoms with van der Waals surface area (Å²) < 4.78 is 33.2. The highest BCUT2D eigenvalue weighted by Gasteiger charge is 2.12. The second-order valence-electron chi connectivity index (χ2n) is 4.75. The maximum atomic E-state index is 13.7. The molecule has 0 aliphatic carbocycles. The molecule has 0 saturated heterocycles. The van der Waals surface area contributed by atoms with Crippen molar-refractivity contribution in [3.8, 4) is 11.6 Å². The van der Waals surface area contributed by atoms with Gasteiger partial charge in [-0.1, -0.05) is 15.9 Å². The van der Waals surface area contributed by atoms with Gasteiger partial charge in [-0.05, 0) is 36.4 Å². The number of nitrogens with two attached hydrogens (primary N) is 1. The summed E-state index contributed by atoms with van der Waals surface area (Å²) >= 11 is 3.33. The van der Waals surface area contributed by atoms with E-state index in [1.807, 2.05) is 0 Å². The lowest BCUT2D eigenvalue weighted by molar-refractivity contribution is 0.464. The molecule has 0 bridgehead atoms. The predicted molar refractivity (Wildman–Crippen MR) is 90.3 cm³/mol. The van der Waals surface area contributed by atoms with Gasteiger partial charge in [0, 0.05) is 10.5 Å². The van der Waals surface area contributed by atoms with Crippen molar-refractivity contribution in [3.63, 3.8) is 0 Å². The van der Waals surface area contributed by atoms with Crippen LogP contribution >= 0.6 is 15.9 Å². The Morgan fingerprint density at radius 1 is 1.04 bits per heavy atom. The highest BCUT2D eigenvalue weighted by Crippen LogP contribution is 2.31. The largest absolute Gasteiger partial charge is 0.437 e. The Labute approximate surface area is 144 Å². The molecule has 3 rings (SSSR count). The monoisotopic (exact) mass is 392 g/mol. The second-order valence-corrected chi connectivity index (χ2v) is 5.66. The SMILES string of the molecule is Nc1c(Nc2ccc(F)cc2F)ncnc1Oc1ccc(Br)cc1. The maximum Gasteiger partial charge on any atom is 0.248 e. The van der Waals surface area contributed by atoms with Crippen molar-refractivity contribution in [3.05, 3.63) is 64.9 Å². The Morgan fingerprint density at radius 2 is 1.79 bits per heavy atom. The Morgan fingerprint density at radius 3 is 2.50 bits per heavy atom. The van der Waals surface area contributed by atoms with Crippen molar-refractivity contribution >= 4 is 33.1 Å². The van der Waals surface area contributed by atoms with E-state index >= 15 is 0 Å². The Balaban J connectivity index is 1.86. The first-order valence-electron chi connectivity index (χ1n) is 6.79. The maximum absolute atomic E-state index is 13.7. The molecule has 0 saturated carbocycles. The lowest BCUT2D eigenvalue weighted by Gasteiger charge is -2.12. The van der Waals surface area contributed by atoms with Crippen molar-refractivity contribution < 1.29 is 13.5 Å². The zero-order chi connectivity index (χ0) is 17.1. The van der Waals surface area contributed by atoms with Crippen LogP contribution in [0.15, 0.2) is 53.3 Å². The third-order valence-electron chi connectivity index (χ3n) is 3.06. The van der Waals surface area contributed by atoms with E-state index in [9.17, 15) is 8.78 Å². The molecule has 24 heavy (non-hydrogen) atoms. The van der Waals surface area contributed by atoms with E-state index in [1.54, 1.807) is 24.3 Å². The Kier molecular flexibility index (Phi) is 4.57. The van der Waals surface area contributed by atoms with E-state index in [0.29, 0.717) is 5.75 Å². The van der Waals surface area contributed by atoms with Gasteiger partial charge in [-0.25, -0.2) is 13.8 Å². The van der Waals surface area contributed by atoms with E-state index < -0.39 is 11.6 Å². The number of aromatic nitrogens is 2. The molecule has 1 heterocycles. The first-order chi connectivity index (χ1) is 11.5. The number of hydrogen-bond donors (Lipinski definition) is 2. The molecular formula is C16H11BrF2N4O. The minimum Gasteiger partial charge on any atom is -0.437 e. The van der Waals surface area contributed by atoms with Gasteiger partial charge in [-0.2, -0.15) is 4.98 Å². The van der Waals surface area contributed by atoms with Crippen LogP contribution in [0, 0.1) is 11.6 Å². The van der Waals surface area contributed by atoms with Crippen molar-refractivity contribution in [2.45, 2.75) is 0 Å². The fourth-order valence-electron chi connectivity index (χ4n) is 1.89. The summed E-state index contributed by atoms with van der Waals surface area (Å²) in [5.74, 6) is -0.626. The van der Waals surface area contributed by atoms with Crippen LogP contribution < -0.4 is 15.8 Å². The summed E-state index contributed by atoms with van der Waals surface area (Å²) in [6, 6.07) is 10.2. The van der Waals surface area contributed by atoms with Crippen LogP contribution in [-0.2, 0) is 0 Å². The number of halogens is 3. The zero-order valence-electron chi connectivity index (χ0n) is 12.1. The van der Waals surface area contributed by atoms with E-state index in [2.05, 4.69) is 31.2 Å². The smallest absolute Gasteiger partial charge is 0.248 e. The lowest BCUT2D eigenvalue weighted by Crippen LogP contribution is -2.04. The molecule has 0 unspecified atom stereocenters. The van der Waals surface area contributed by atoms with Gasteiger partial charge in [0.1, 0.15) is 29.4 Å². The van der Waals surface area contributed by atoms with Crippen LogP contribution in [0.4, 0.5) is 26.0 Å². The average molecular weight is 393 g/mol. The first kappa shape index (κ1) is 16.1. The molecule has 0 amide bonds. The normalized spacial score (nSPS) is 10.5. The standard InChI is InChI=1S/C16H11BrF2N4O/c17-9-1-4-11(5-2-9)24-16-14(20)15(21-8-22-16)23-13-6-3-10(18)7-12(13)19/h1-8H,20H2,(H,21,22,23). The molecule has 3 N–H and O–H groups in total. The number of benzene rings is 2. The third-order valence-corrected chi connectivity index (χ3v) is 3.59. The molecule has 2 aromatic carbocycles. The highest BCUT2D eigenvalue weighted by molar-refractivity contribution is 9.10. The molecular weight excluding hydrogens is 382 g/mol. The fraction of sp³-hybridized carbons (Fsp3) is 0. The number of nitrogens with zero attached hydrogens (tertiary/aromatic N) is 2. The molecule has 0 spiro atoms. The zero-order valence-corrected chi connectivity index (χ0v) is 13.7. The van der Waals surface area contributed by atoms with Gasteiger partial charge >= 0.3 is 0 Å². The van der Waals surface area contributed by atoms with Gasteiger partial charge in [0.25, 0.3) is 0 Å².